The number of anilines is 1. The lowest BCUT2D eigenvalue weighted by Crippen LogP contribution is -2.22. The van der Waals surface area contributed by atoms with Crippen molar-refractivity contribution in [2.24, 2.45) is 0 Å². The monoisotopic (exact) mass is 385 g/mol. The molecule has 7 heteroatoms. The number of rotatable bonds is 7. The highest BCUT2D eigenvalue weighted by molar-refractivity contribution is 5.95. The summed E-state index contributed by atoms with van der Waals surface area (Å²) in [5.74, 6) is 0.768. The minimum absolute atomic E-state index is 0.129. The molecular weight excluding hydrogens is 366 g/mol. The molecule has 0 radical (unpaired) electrons. The number of hydrogen-bond acceptors (Lipinski definition) is 6. The van der Waals surface area contributed by atoms with Gasteiger partial charge in [-0.2, -0.15) is 0 Å². The summed E-state index contributed by atoms with van der Waals surface area (Å²) in [5.41, 5.74) is 3.24. The Kier molecular flexibility index (Phi) is 5.57. The number of carbonyl (C=O) groups excluding carboxylic acids is 1. The lowest BCUT2D eigenvalue weighted by atomic mass is 10.1. The fourth-order valence-corrected chi connectivity index (χ4v) is 2.76. The number of pyridine rings is 1. The van der Waals surface area contributed by atoms with Crippen LogP contribution >= 0.6 is 0 Å². The Morgan fingerprint density at radius 1 is 0.897 bits per heavy atom. The molecule has 0 saturated carbocycles. The zero-order chi connectivity index (χ0) is 19.9. The first-order valence-electron chi connectivity index (χ1n) is 9.17. The van der Waals surface area contributed by atoms with Gasteiger partial charge in [-0.25, -0.2) is 0 Å². The molecule has 29 heavy (non-hydrogen) atoms. The number of nitrogens with zero attached hydrogens (tertiary/aromatic N) is 3. The molecule has 1 amide bonds. The second kappa shape index (κ2) is 8.79. The molecule has 144 valence electrons. The zero-order valence-electron chi connectivity index (χ0n) is 15.6. The minimum atomic E-state index is -0.129. The van der Waals surface area contributed by atoms with Gasteiger partial charge in [0.25, 0.3) is 5.91 Å². The van der Waals surface area contributed by atoms with Crippen molar-refractivity contribution in [1.29, 1.82) is 0 Å². The third-order valence-corrected chi connectivity index (χ3v) is 4.26. The average molecular weight is 385 g/mol. The Morgan fingerprint density at radius 2 is 1.72 bits per heavy atom. The molecule has 0 fully saturated rings. The predicted molar refractivity (Wildman–Crippen MR) is 109 cm³/mol. The Morgan fingerprint density at radius 3 is 2.55 bits per heavy atom. The van der Waals surface area contributed by atoms with E-state index < -0.39 is 0 Å². The molecule has 0 bridgehead atoms. The first-order chi connectivity index (χ1) is 14.3. The van der Waals surface area contributed by atoms with Crippen molar-refractivity contribution in [2.45, 2.75) is 13.1 Å². The van der Waals surface area contributed by atoms with E-state index in [2.05, 4.69) is 25.8 Å². The maximum absolute atomic E-state index is 12.4. The molecule has 0 saturated heterocycles. The van der Waals surface area contributed by atoms with Gasteiger partial charge in [-0.05, 0) is 35.9 Å². The van der Waals surface area contributed by atoms with Gasteiger partial charge in [-0.1, -0.05) is 36.4 Å². The van der Waals surface area contributed by atoms with Crippen LogP contribution in [-0.2, 0) is 13.1 Å². The summed E-state index contributed by atoms with van der Waals surface area (Å²) in [7, 11) is 0. The van der Waals surface area contributed by atoms with Crippen LogP contribution in [0.25, 0.3) is 11.5 Å². The van der Waals surface area contributed by atoms with Crippen molar-refractivity contribution in [1.82, 2.24) is 20.5 Å². The predicted octanol–water partition coefficient (Wildman–Crippen LogP) is 3.67. The lowest BCUT2D eigenvalue weighted by molar-refractivity contribution is 0.0951. The van der Waals surface area contributed by atoms with Gasteiger partial charge >= 0.3 is 0 Å². The smallest absolute Gasteiger partial charge is 0.251 e. The molecule has 2 aromatic carbocycles. The normalized spacial score (nSPS) is 10.5. The molecule has 2 heterocycles. The van der Waals surface area contributed by atoms with Crippen LogP contribution in [0, 0.1) is 0 Å². The van der Waals surface area contributed by atoms with Gasteiger partial charge in [0.15, 0.2) is 0 Å². The van der Waals surface area contributed by atoms with Gasteiger partial charge < -0.3 is 15.1 Å². The fourth-order valence-electron chi connectivity index (χ4n) is 2.76. The Hall–Kier alpha value is -4.00. The van der Waals surface area contributed by atoms with Gasteiger partial charge in [0, 0.05) is 35.8 Å². The molecule has 0 aliphatic carbocycles. The highest BCUT2D eigenvalue weighted by Crippen LogP contribution is 2.17. The number of carbonyl (C=O) groups is 1. The maximum Gasteiger partial charge on any atom is 0.251 e. The highest BCUT2D eigenvalue weighted by atomic mass is 16.4. The molecule has 4 aromatic rings. The third-order valence-electron chi connectivity index (χ3n) is 4.26. The van der Waals surface area contributed by atoms with Crippen LogP contribution in [0.1, 0.15) is 21.8 Å². The minimum Gasteiger partial charge on any atom is -0.419 e. The van der Waals surface area contributed by atoms with Crippen LogP contribution < -0.4 is 10.6 Å². The van der Waals surface area contributed by atoms with E-state index in [1.165, 1.54) is 0 Å². The summed E-state index contributed by atoms with van der Waals surface area (Å²) in [6.45, 7) is 0.838. The first-order valence-corrected chi connectivity index (χ1v) is 9.17. The quantitative estimate of drug-likeness (QED) is 0.504. The highest BCUT2D eigenvalue weighted by Gasteiger charge is 2.09. The molecule has 0 spiro atoms. The first kappa shape index (κ1) is 18.4. The largest absolute Gasteiger partial charge is 0.419 e. The van der Waals surface area contributed by atoms with Crippen molar-refractivity contribution in [3.63, 3.8) is 0 Å². The molecular formula is C22H19N5O2. The molecule has 2 N–H and O–H groups in total. The van der Waals surface area contributed by atoms with E-state index in [0.29, 0.717) is 30.4 Å². The van der Waals surface area contributed by atoms with Gasteiger partial charge in [-0.15, -0.1) is 10.2 Å². The van der Waals surface area contributed by atoms with Crippen LogP contribution in [0.5, 0.6) is 0 Å². The van der Waals surface area contributed by atoms with Crippen LogP contribution in [0.2, 0.25) is 0 Å². The molecule has 2 aromatic heterocycles. The summed E-state index contributed by atoms with van der Waals surface area (Å²) in [6.07, 6.45) is 3.34. The molecule has 0 aliphatic heterocycles. The molecule has 7 nitrogen and oxygen atoms in total. The van der Waals surface area contributed by atoms with Crippen molar-refractivity contribution in [2.75, 3.05) is 5.32 Å². The number of hydrogen-bond donors (Lipinski definition) is 2. The van der Waals surface area contributed by atoms with Gasteiger partial charge in [0.1, 0.15) is 0 Å². The summed E-state index contributed by atoms with van der Waals surface area (Å²) in [4.78, 5) is 16.4. The summed E-state index contributed by atoms with van der Waals surface area (Å²) in [6, 6.07) is 20.7. The van der Waals surface area contributed by atoms with Gasteiger partial charge in [0.2, 0.25) is 11.8 Å². The fraction of sp³-hybridized carbons (Fsp3) is 0.0909. The standard InChI is InChI=1S/C22H19N5O2/c28-21(25-14-16-5-2-1-3-6-16)18-7-4-8-19(13-18)24-15-20-26-27-22(29-20)17-9-11-23-12-10-17/h1-13,24H,14-15H2,(H,25,28). The summed E-state index contributed by atoms with van der Waals surface area (Å²) in [5, 5.41) is 14.2. The third kappa shape index (κ3) is 4.84. The Labute approximate surface area is 167 Å². The molecule has 0 unspecified atom stereocenters. The van der Waals surface area contributed by atoms with Crippen LogP contribution in [0.15, 0.2) is 83.5 Å². The topological polar surface area (TPSA) is 92.9 Å². The van der Waals surface area contributed by atoms with E-state index in [4.69, 9.17) is 4.42 Å². The van der Waals surface area contributed by atoms with Gasteiger partial charge in [0.05, 0.1) is 6.54 Å². The number of aromatic nitrogens is 3. The SMILES string of the molecule is O=C(NCc1ccccc1)c1cccc(NCc2nnc(-c3ccncc3)o2)c1. The van der Waals surface area contributed by atoms with E-state index in [1.807, 2.05) is 54.6 Å². The van der Waals surface area contributed by atoms with Crippen LogP contribution in [0.4, 0.5) is 5.69 Å². The Bertz CT molecular complexity index is 1080. The van der Waals surface area contributed by atoms with E-state index in [1.54, 1.807) is 24.5 Å². The van der Waals surface area contributed by atoms with Crippen LogP contribution in [0.3, 0.4) is 0 Å². The molecule has 4 rings (SSSR count). The molecule has 0 aliphatic rings. The molecule has 0 atom stereocenters. The van der Waals surface area contributed by atoms with E-state index in [9.17, 15) is 4.79 Å². The Balaban J connectivity index is 1.35. The van der Waals surface area contributed by atoms with Crippen molar-refractivity contribution in [3.8, 4) is 11.5 Å². The maximum atomic E-state index is 12.4. The average Bonchev–Trinajstić information content (AvgIpc) is 3.27. The summed E-state index contributed by atoms with van der Waals surface area (Å²) < 4.78 is 5.66. The van der Waals surface area contributed by atoms with Crippen molar-refractivity contribution < 1.29 is 9.21 Å². The number of nitrogens with one attached hydrogen (secondary N) is 2. The van der Waals surface area contributed by atoms with E-state index in [-0.39, 0.29) is 5.91 Å². The number of benzene rings is 2. The lowest BCUT2D eigenvalue weighted by Gasteiger charge is -2.08. The zero-order valence-corrected chi connectivity index (χ0v) is 15.6. The second-order valence-electron chi connectivity index (χ2n) is 6.34. The van der Waals surface area contributed by atoms with Crippen LogP contribution in [-0.4, -0.2) is 21.1 Å². The van der Waals surface area contributed by atoms with Crippen molar-refractivity contribution in [3.05, 3.63) is 96.1 Å². The second-order valence-corrected chi connectivity index (χ2v) is 6.34. The number of amides is 1. The van der Waals surface area contributed by atoms with E-state index in [0.717, 1.165) is 16.8 Å². The van der Waals surface area contributed by atoms with E-state index >= 15 is 0 Å². The summed E-state index contributed by atoms with van der Waals surface area (Å²) >= 11 is 0. The van der Waals surface area contributed by atoms with Gasteiger partial charge in [-0.3, -0.25) is 9.78 Å². The van der Waals surface area contributed by atoms with Crippen molar-refractivity contribution >= 4 is 11.6 Å².